The average Bonchev–Trinajstić information content (AvgIpc) is 0.885. The molecule has 3 heterocycles. The second-order valence-corrected chi connectivity index (χ2v) is 24.6. The lowest BCUT2D eigenvalue weighted by Gasteiger charge is -2.48. The molecule has 19 nitrogen and oxygen atoms in total. The number of rotatable bonds is 52. The molecule has 3 aliphatic rings. The number of hydrogen-bond donors (Lipinski definition) is 12. The van der Waals surface area contributed by atoms with Crippen molar-refractivity contribution in [3.8, 4) is 0 Å². The van der Waals surface area contributed by atoms with E-state index in [4.69, 9.17) is 28.4 Å². The zero-order valence-electron chi connectivity index (χ0n) is 55.3. The molecule has 0 spiro atoms. The van der Waals surface area contributed by atoms with Crippen LogP contribution in [0.25, 0.3) is 0 Å². The minimum absolute atomic E-state index is 0.205. The lowest BCUT2D eigenvalue weighted by atomic mass is 9.96. The molecule has 91 heavy (non-hydrogen) atoms. The van der Waals surface area contributed by atoms with E-state index >= 15 is 0 Å². The highest BCUT2D eigenvalue weighted by Crippen LogP contribution is 2.33. The highest BCUT2D eigenvalue weighted by molar-refractivity contribution is 5.76. The summed E-state index contributed by atoms with van der Waals surface area (Å²) in [5.41, 5.74) is 0. The Bertz CT molecular complexity index is 2030. The predicted octanol–water partition coefficient (Wildman–Crippen LogP) is 9.27. The molecule has 0 aromatic heterocycles. The Morgan fingerprint density at radius 1 is 0.407 bits per heavy atom. The summed E-state index contributed by atoms with van der Waals surface area (Å²) in [6.45, 7) is 1.65. The quantitative estimate of drug-likeness (QED) is 0.0199. The number of aliphatic hydroxyl groups excluding tert-OH is 11. The first-order chi connectivity index (χ1) is 44.3. The molecular weight excluding hydrogens is 1170 g/mol. The molecule has 3 fully saturated rings. The van der Waals surface area contributed by atoms with Gasteiger partial charge >= 0.3 is 0 Å². The van der Waals surface area contributed by atoms with Gasteiger partial charge in [-0.3, -0.25) is 4.79 Å². The highest BCUT2D eigenvalue weighted by atomic mass is 16.8. The van der Waals surface area contributed by atoms with Crippen molar-refractivity contribution in [2.24, 2.45) is 0 Å². The van der Waals surface area contributed by atoms with Crippen molar-refractivity contribution in [1.29, 1.82) is 0 Å². The monoisotopic (exact) mass is 1290 g/mol. The number of carbonyl (C=O) groups is 1. The summed E-state index contributed by atoms with van der Waals surface area (Å²) in [7, 11) is 0. The van der Waals surface area contributed by atoms with Crippen LogP contribution >= 0.6 is 0 Å². The van der Waals surface area contributed by atoms with E-state index < -0.39 is 124 Å². The third-order valence-electron chi connectivity index (χ3n) is 16.9. The van der Waals surface area contributed by atoms with E-state index in [1.807, 2.05) is 0 Å². The maximum absolute atomic E-state index is 13.4. The van der Waals surface area contributed by atoms with Gasteiger partial charge < -0.3 is 89.9 Å². The van der Waals surface area contributed by atoms with Crippen LogP contribution in [0.2, 0.25) is 0 Å². The summed E-state index contributed by atoms with van der Waals surface area (Å²) < 4.78 is 34.4. The molecule has 0 radical (unpaired) electrons. The first-order valence-electron chi connectivity index (χ1n) is 35.0. The second-order valence-electron chi connectivity index (χ2n) is 24.6. The summed E-state index contributed by atoms with van der Waals surface area (Å²) in [6.07, 6.45) is 41.9. The fourth-order valence-electron chi connectivity index (χ4n) is 11.3. The Morgan fingerprint density at radius 2 is 0.758 bits per heavy atom. The minimum atomic E-state index is -1.98. The van der Waals surface area contributed by atoms with Crippen LogP contribution in [-0.2, 0) is 33.2 Å². The summed E-state index contributed by atoms with van der Waals surface area (Å²) in [6, 6.07) is -0.919. The Hall–Kier alpha value is -3.29. The van der Waals surface area contributed by atoms with Gasteiger partial charge in [-0.15, -0.1) is 0 Å². The molecule has 19 heteroatoms. The number of unbranched alkanes of at least 4 members (excludes halogenated alkanes) is 20. The van der Waals surface area contributed by atoms with Crippen molar-refractivity contribution >= 4 is 5.91 Å². The van der Waals surface area contributed by atoms with Crippen LogP contribution in [0.15, 0.2) is 97.2 Å². The smallest absolute Gasteiger partial charge is 0.220 e. The summed E-state index contributed by atoms with van der Waals surface area (Å²) in [4.78, 5) is 13.4. The summed E-state index contributed by atoms with van der Waals surface area (Å²) in [5.74, 6) is -0.288. The van der Waals surface area contributed by atoms with Gasteiger partial charge in [0, 0.05) is 6.42 Å². The van der Waals surface area contributed by atoms with Gasteiger partial charge in [0.05, 0.1) is 38.6 Å². The standard InChI is InChI=1S/C72H123NO18/c1-3-5-7-9-11-13-15-17-19-21-23-24-25-26-27-28-29-30-32-34-36-38-40-42-44-46-48-50-60(78)73-55(56(77)49-47-45-43-41-39-37-35-33-31-22-20-18-16-14-12-10-8-6-4-2)54-86-70-66(84)63(81)68(58(52-75)88-70)91-72-67(85)64(82)69(59(53-76)89-72)90-71-65(83)62(80)61(79)57(51-74)87-71/h5,7,11,13,17,19,23-24,26-27,29-30,34,36,40,42,55-59,61-72,74-77,79-85H,3-4,6,8-10,12,14-16,18,20-22,25,28,31-33,35,37-39,41,43-54H2,1-2H3,(H,73,78)/b7-5-,13-11-,19-17-,24-23-,27-26-,30-29-,36-34-,42-40-. The maximum Gasteiger partial charge on any atom is 0.220 e. The largest absolute Gasteiger partial charge is 0.394 e. The number of amides is 1. The topological polar surface area (TPSA) is 307 Å². The Kier molecular flexibility index (Phi) is 47.7. The fourth-order valence-corrected chi connectivity index (χ4v) is 11.3. The van der Waals surface area contributed by atoms with Crippen LogP contribution in [0.4, 0.5) is 0 Å². The molecule has 0 aromatic rings. The van der Waals surface area contributed by atoms with E-state index in [1.54, 1.807) is 0 Å². The Morgan fingerprint density at radius 3 is 1.16 bits per heavy atom. The highest BCUT2D eigenvalue weighted by Gasteiger charge is 2.53. The number of hydrogen-bond acceptors (Lipinski definition) is 18. The Balaban J connectivity index is 1.45. The maximum atomic E-state index is 13.4. The third kappa shape index (κ3) is 34.8. The molecule has 17 unspecified atom stereocenters. The molecule has 3 saturated heterocycles. The normalized spacial score (nSPS) is 28.5. The van der Waals surface area contributed by atoms with E-state index in [0.717, 1.165) is 83.5 Å². The van der Waals surface area contributed by atoms with Crippen LogP contribution < -0.4 is 5.32 Å². The lowest BCUT2D eigenvalue weighted by molar-refractivity contribution is -0.379. The number of carbonyl (C=O) groups excluding carboxylic acids is 1. The van der Waals surface area contributed by atoms with Crippen molar-refractivity contribution in [3.05, 3.63) is 97.2 Å². The molecule has 3 aliphatic heterocycles. The lowest BCUT2D eigenvalue weighted by Crippen LogP contribution is -2.66. The molecule has 12 N–H and O–H groups in total. The molecular formula is C72H123NO18. The van der Waals surface area contributed by atoms with Crippen molar-refractivity contribution in [2.45, 2.75) is 324 Å². The first kappa shape index (κ1) is 81.9. The van der Waals surface area contributed by atoms with Crippen LogP contribution in [0.1, 0.15) is 219 Å². The van der Waals surface area contributed by atoms with Gasteiger partial charge in [0.1, 0.15) is 73.2 Å². The zero-order chi connectivity index (χ0) is 66.1. The molecule has 3 rings (SSSR count). The predicted molar refractivity (Wildman–Crippen MR) is 355 cm³/mol. The van der Waals surface area contributed by atoms with Gasteiger partial charge in [-0.05, 0) is 77.0 Å². The fraction of sp³-hybridized carbons (Fsp3) is 0.764. The van der Waals surface area contributed by atoms with Crippen molar-refractivity contribution in [3.63, 3.8) is 0 Å². The second kappa shape index (κ2) is 52.9. The van der Waals surface area contributed by atoms with Crippen LogP contribution in [0.5, 0.6) is 0 Å². The number of ether oxygens (including phenoxy) is 6. The van der Waals surface area contributed by atoms with Crippen molar-refractivity contribution < 1.29 is 89.4 Å². The van der Waals surface area contributed by atoms with Gasteiger partial charge in [-0.25, -0.2) is 0 Å². The average molecular weight is 1290 g/mol. The van der Waals surface area contributed by atoms with Gasteiger partial charge in [0.2, 0.25) is 5.91 Å². The van der Waals surface area contributed by atoms with Crippen molar-refractivity contribution in [2.75, 3.05) is 26.4 Å². The van der Waals surface area contributed by atoms with Crippen LogP contribution in [0.3, 0.4) is 0 Å². The molecule has 0 saturated carbocycles. The van der Waals surface area contributed by atoms with E-state index in [2.05, 4.69) is 116 Å². The first-order valence-corrected chi connectivity index (χ1v) is 35.0. The Labute approximate surface area is 545 Å². The van der Waals surface area contributed by atoms with E-state index in [0.29, 0.717) is 19.3 Å². The van der Waals surface area contributed by atoms with Crippen LogP contribution in [-0.4, -0.2) is 193 Å². The van der Waals surface area contributed by atoms with Gasteiger partial charge in [-0.1, -0.05) is 233 Å². The van der Waals surface area contributed by atoms with E-state index in [1.165, 1.54) is 96.3 Å². The van der Waals surface area contributed by atoms with Crippen LogP contribution in [0, 0.1) is 0 Å². The van der Waals surface area contributed by atoms with Gasteiger partial charge in [0.15, 0.2) is 18.9 Å². The number of nitrogens with one attached hydrogen (secondary N) is 1. The number of allylic oxidation sites excluding steroid dienone is 16. The third-order valence-corrected chi connectivity index (χ3v) is 16.9. The van der Waals surface area contributed by atoms with E-state index in [9.17, 15) is 61.0 Å². The summed E-state index contributed by atoms with van der Waals surface area (Å²) >= 11 is 0. The SMILES string of the molecule is CC/C=C\C/C=C\C/C=C\C/C=C\C/C=C\C/C=C\C/C=C\C/C=C\CCCCC(=O)NC(COC1OC(CO)C(OC2OC(CO)C(OC3OC(CO)C(O)C(O)C3O)C(O)C2O)C(O)C1O)C(O)CCCCCCCCCCCCCCCCCCCCC. The molecule has 1 amide bonds. The molecule has 0 aromatic carbocycles. The minimum Gasteiger partial charge on any atom is -0.394 e. The van der Waals surface area contributed by atoms with E-state index in [-0.39, 0.29) is 18.9 Å². The van der Waals surface area contributed by atoms with Gasteiger partial charge in [-0.2, -0.15) is 0 Å². The molecule has 0 aliphatic carbocycles. The van der Waals surface area contributed by atoms with Gasteiger partial charge in [0.25, 0.3) is 0 Å². The molecule has 0 bridgehead atoms. The summed E-state index contributed by atoms with van der Waals surface area (Å²) in [5, 5.41) is 121. The van der Waals surface area contributed by atoms with Crippen molar-refractivity contribution in [1.82, 2.24) is 5.32 Å². The number of aliphatic hydroxyl groups is 11. The molecule has 524 valence electrons. The zero-order valence-corrected chi connectivity index (χ0v) is 55.3. The molecule has 17 atom stereocenters.